The van der Waals surface area contributed by atoms with Crippen LogP contribution >= 0.6 is 0 Å². The van der Waals surface area contributed by atoms with E-state index in [2.05, 4.69) is 5.32 Å². The smallest absolute Gasteiger partial charge is 0.411 e. The van der Waals surface area contributed by atoms with E-state index in [1.807, 2.05) is 0 Å². The maximum atomic E-state index is 12.5. The number of esters is 2. The molecule has 10 heteroatoms. The van der Waals surface area contributed by atoms with E-state index in [4.69, 9.17) is 18.6 Å². The third-order valence-corrected chi connectivity index (χ3v) is 5.10. The molecule has 1 amide bonds. The molecule has 0 saturated heterocycles. The molecule has 180 valence electrons. The molecule has 0 radical (unpaired) electrons. The van der Waals surface area contributed by atoms with Crippen molar-refractivity contribution in [3.63, 3.8) is 0 Å². The van der Waals surface area contributed by atoms with Gasteiger partial charge in [-0.05, 0) is 45.9 Å². The first-order valence-corrected chi connectivity index (χ1v) is 10.7. The van der Waals surface area contributed by atoms with Gasteiger partial charge in [-0.15, -0.1) is 0 Å². The predicted molar refractivity (Wildman–Crippen MR) is 123 cm³/mol. The number of nitrogens with one attached hydrogen (secondary N) is 1. The van der Waals surface area contributed by atoms with Crippen molar-refractivity contribution in [3.8, 4) is 0 Å². The van der Waals surface area contributed by atoms with Gasteiger partial charge >= 0.3 is 23.7 Å². The number of carbonyl (C=O) groups excluding carboxylic acids is 3. The molecule has 0 spiro atoms. The molecule has 0 aliphatic heterocycles. The number of rotatable bonds is 8. The number of nitrogens with zero attached hydrogens (tertiary/aromatic N) is 1. The topological polar surface area (TPSA) is 126 Å². The molecule has 0 atom stereocenters. The Morgan fingerprint density at radius 3 is 2.44 bits per heavy atom. The van der Waals surface area contributed by atoms with Crippen LogP contribution in [0.5, 0.6) is 0 Å². The molecule has 2 aromatic heterocycles. The van der Waals surface area contributed by atoms with Gasteiger partial charge in [-0.3, -0.25) is 10.1 Å². The zero-order valence-electron chi connectivity index (χ0n) is 19.4. The van der Waals surface area contributed by atoms with Gasteiger partial charge in [0.15, 0.2) is 0 Å². The standard InChI is InChI=1S/C24H26N2O8/c1-5-31-23(29)19-9-14(3)26(15(19)4)12-22(28)33-13-16-10-21(27)34-20-11-17(7-8-18(16)20)25-24(30)32-6-2/h7-11H,5-6,12-13H2,1-4H3,(H,25,30). The summed E-state index contributed by atoms with van der Waals surface area (Å²) in [5.41, 5.74) is 2.15. The van der Waals surface area contributed by atoms with E-state index in [1.54, 1.807) is 50.5 Å². The second-order valence-electron chi connectivity index (χ2n) is 7.40. The van der Waals surface area contributed by atoms with Crippen molar-refractivity contribution in [2.45, 2.75) is 40.8 Å². The minimum atomic E-state index is -0.629. The van der Waals surface area contributed by atoms with Crippen LogP contribution in [0.3, 0.4) is 0 Å². The van der Waals surface area contributed by atoms with E-state index in [-0.39, 0.29) is 31.9 Å². The summed E-state index contributed by atoms with van der Waals surface area (Å²) in [4.78, 5) is 48.2. The fraction of sp³-hybridized carbons (Fsp3) is 0.333. The largest absolute Gasteiger partial charge is 0.462 e. The second-order valence-corrected chi connectivity index (χ2v) is 7.40. The second kappa shape index (κ2) is 10.7. The van der Waals surface area contributed by atoms with Crippen LogP contribution in [0.15, 0.2) is 39.5 Å². The monoisotopic (exact) mass is 470 g/mol. The minimum absolute atomic E-state index is 0.107. The Bertz CT molecular complexity index is 1290. The molecule has 1 aromatic carbocycles. The van der Waals surface area contributed by atoms with Crippen molar-refractivity contribution >= 4 is 34.7 Å². The van der Waals surface area contributed by atoms with Crippen LogP contribution in [0.1, 0.15) is 41.2 Å². The van der Waals surface area contributed by atoms with Crippen molar-refractivity contribution in [1.82, 2.24) is 4.57 Å². The zero-order valence-corrected chi connectivity index (χ0v) is 19.4. The molecule has 0 unspecified atom stereocenters. The fourth-order valence-corrected chi connectivity index (χ4v) is 3.51. The van der Waals surface area contributed by atoms with Crippen molar-refractivity contribution in [2.24, 2.45) is 0 Å². The number of aromatic nitrogens is 1. The first kappa shape index (κ1) is 24.6. The first-order chi connectivity index (χ1) is 16.2. The van der Waals surface area contributed by atoms with Gasteiger partial charge in [-0.25, -0.2) is 14.4 Å². The molecule has 0 aliphatic carbocycles. The lowest BCUT2D eigenvalue weighted by atomic mass is 10.1. The van der Waals surface area contributed by atoms with E-state index < -0.39 is 23.7 Å². The fourth-order valence-electron chi connectivity index (χ4n) is 3.51. The summed E-state index contributed by atoms with van der Waals surface area (Å²) in [6, 6.07) is 7.67. The highest BCUT2D eigenvalue weighted by molar-refractivity contribution is 5.91. The molecule has 10 nitrogen and oxygen atoms in total. The number of benzene rings is 1. The summed E-state index contributed by atoms with van der Waals surface area (Å²) in [6.07, 6.45) is -0.629. The quantitative estimate of drug-likeness (QED) is 0.300. The van der Waals surface area contributed by atoms with Gasteiger partial charge in [0.1, 0.15) is 18.7 Å². The van der Waals surface area contributed by atoms with Gasteiger partial charge in [-0.2, -0.15) is 0 Å². The highest BCUT2D eigenvalue weighted by Crippen LogP contribution is 2.22. The lowest BCUT2D eigenvalue weighted by Gasteiger charge is -2.11. The summed E-state index contributed by atoms with van der Waals surface area (Å²) < 4.78 is 22.2. The number of ether oxygens (including phenoxy) is 3. The van der Waals surface area contributed by atoms with Crippen LogP contribution in [-0.2, 0) is 32.2 Å². The van der Waals surface area contributed by atoms with Crippen molar-refractivity contribution < 1.29 is 33.0 Å². The number of aryl methyl sites for hydroxylation is 1. The number of hydrogen-bond acceptors (Lipinski definition) is 8. The molecule has 3 aromatic rings. The highest BCUT2D eigenvalue weighted by atomic mass is 16.5. The van der Waals surface area contributed by atoms with E-state index >= 15 is 0 Å². The van der Waals surface area contributed by atoms with Gasteiger partial charge in [0.2, 0.25) is 0 Å². The van der Waals surface area contributed by atoms with E-state index in [0.29, 0.717) is 33.6 Å². The van der Waals surface area contributed by atoms with E-state index in [0.717, 1.165) is 0 Å². The van der Waals surface area contributed by atoms with Gasteiger partial charge < -0.3 is 23.2 Å². The Kier molecular flexibility index (Phi) is 7.72. The van der Waals surface area contributed by atoms with Gasteiger partial charge in [-0.1, -0.05) is 0 Å². The zero-order chi connectivity index (χ0) is 24.8. The molecule has 0 bridgehead atoms. The number of fused-ring (bicyclic) bond motifs is 1. The molecule has 2 heterocycles. The van der Waals surface area contributed by atoms with Crippen LogP contribution in [0.25, 0.3) is 11.0 Å². The summed E-state index contributed by atoms with van der Waals surface area (Å²) in [5.74, 6) is -0.992. The Morgan fingerprint density at radius 2 is 1.74 bits per heavy atom. The third kappa shape index (κ3) is 5.64. The molecule has 3 rings (SSSR count). The average molecular weight is 470 g/mol. The molecule has 1 N–H and O–H groups in total. The maximum Gasteiger partial charge on any atom is 0.411 e. The number of carbonyl (C=O) groups is 3. The van der Waals surface area contributed by atoms with Crippen LogP contribution in [0.2, 0.25) is 0 Å². The minimum Gasteiger partial charge on any atom is -0.462 e. The van der Waals surface area contributed by atoms with Crippen molar-refractivity contribution in [2.75, 3.05) is 18.5 Å². The van der Waals surface area contributed by atoms with Crippen LogP contribution in [0, 0.1) is 13.8 Å². The predicted octanol–water partition coefficient (Wildman–Crippen LogP) is 3.70. The normalized spacial score (nSPS) is 10.7. The van der Waals surface area contributed by atoms with E-state index in [1.165, 1.54) is 12.1 Å². The van der Waals surface area contributed by atoms with E-state index in [9.17, 15) is 19.2 Å². The summed E-state index contributed by atoms with van der Waals surface area (Å²) in [5, 5.41) is 3.09. The van der Waals surface area contributed by atoms with Crippen molar-refractivity contribution in [1.29, 1.82) is 0 Å². The third-order valence-electron chi connectivity index (χ3n) is 5.10. The summed E-state index contributed by atoms with van der Waals surface area (Å²) in [6.45, 7) is 7.12. The van der Waals surface area contributed by atoms with Crippen LogP contribution < -0.4 is 10.9 Å². The Hall–Kier alpha value is -4.08. The lowest BCUT2D eigenvalue weighted by molar-refractivity contribution is -0.145. The van der Waals surface area contributed by atoms with Crippen LogP contribution in [-0.4, -0.2) is 35.8 Å². The lowest BCUT2D eigenvalue weighted by Crippen LogP contribution is -2.17. The number of amides is 1. The van der Waals surface area contributed by atoms with Gasteiger partial charge in [0.05, 0.1) is 18.8 Å². The molecule has 34 heavy (non-hydrogen) atoms. The maximum absolute atomic E-state index is 12.5. The summed E-state index contributed by atoms with van der Waals surface area (Å²) >= 11 is 0. The Morgan fingerprint density at radius 1 is 1.00 bits per heavy atom. The van der Waals surface area contributed by atoms with Crippen molar-refractivity contribution in [3.05, 3.63) is 63.3 Å². The average Bonchev–Trinajstić information content (AvgIpc) is 3.05. The SMILES string of the molecule is CCOC(=O)Nc1ccc2c(COC(=O)Cn3c(C)cc(C(=O)OCC)c3C)cc(=O)oc2c1. The molecule has 0 aliphatic rings. The highest BCUT2D eigenvalue weighted by Gasteiger charge is 2.19. The first-order valence-electron chi connectivity index (χ1n) is 10.7. The van der Waals surface area contributed by atoms with Gasteiger partial charge in [0.25, 0.3) is 0 Å². The Balaban J connectivity index is 1.74. The molecule has 0 fully saturated rings. The molecular weight excluding hydrogens is 444 g/mol. The van der Waals surface area contributed by atoms with Crippen LogP contribution in [0.4, 0.5) is 10.5 Å². The number of hydrogen-bond donors (Lipinski definition) is 1. The molecule has 0 saturated carbocycles. The molecular formula is C24H26N2O8. The van der Waals surface area contributed by atoms with Gasteiger partial charge in [0, 0.05) is 40.2 Å². The summed E-state index contributed by atoms with van der Waals surface area (Å²) in [7, 11) is 0. The Labute approximate surface area is 195 Å². The number of anilines is 1.